The van der Waals surface area contributed by atoms with Gasteiger partial charge in [-0.2, -0.15) is 0 Å². The number of amides is 1. The molecule has 0 radical (unpaired) electrons. The number of benzene rings is 4. The third-order valence-electron chi connectivity index (χ3n) is 9.25. The quantitative estimate of drug-likeness (QED) is 0.152. The molecular weight excluding hydrogens is 646 g/mol. The van der Waals surface area contributed by atoms with Crippen molar-refractivity contribution in [3.8, 4) is 28.4 Å². The van der Waals surface area contributed by atoms with Gasteiger partial charge in [0.25, 0.3) is 5.91 Å². The summed E-state index contributed by atoms with van der Waals surface area (Å²) in [6.45, 7) is 4.54. The van der Waals surface area contributed by atoms with Gasteiger partial charge in [-0.15, -0.1) is 5.10 Å². The van der Waals surface area contributed by atoms with E-state index < -0.39 is 5.91 Å². The van der Waals surface area contributed by atoms with Gasteiger partial charge in [0.1, 0.15) is 11.3 Å². The Morgan fingerprint density at radius 1 is 0.922 bits per heavy atom. The number of hydrogen-bond donors (Lipinski definition) is 1. The summed E-state index contributed by atoms with van der Waals surface area (Å²) in [5.41, 5.74) is 6.46. The summed E-state index contributed by atoms with van der Waals surface area (Å²) in [6, 6.07) is 25.4. The van der Waals surface area contributed by atoms with Crippen LogP contribution in [0.3, 0.4) is 0 Å². The molecular formula is C40H37N5O6. The first-order valence-electron chi connectivity index (χ1n) is 16.8. The minimum absolute atomic E-state index is 0.147. The van der Waals surface area contributed by atoms with E-state index >= 15 is 0 Å². The summed E-state index contributed by atoms with van der Waals surface area (Å²) in [5.74, 6) is 0.584. The average Bonchev–Trinajstić information content (AvgIpc) is 3.67. The molecule has 0 bridgehead atoms. The summed E-state index contributed by atoms with van der Waals surface area (Å²) in [6.07, 6.45) is 3.92. The Morgan fingerprint density at radius 2 is 1.69 bits per heavy atom. The summed E-state index contributed by atoms with van der Waals surface area (Å²) < 4.78 is 18.4. The number of nitrogens with zero attached hydrogens (tertiary/aromatic N) is 4. The zero-order valence-electron chi connectivity index (χ0n) is 28.6. The van der Waals surface area contributed by atoms with E-state index in [-0.39, 0.29) is 29.1 Å². The average molecular weight is 684 g/mol. The number of ether oxygens (including phenoxy) is 2. The van der Waals surface area contributed by atoms with Crippen molar-refractivity contribution >= 4 is 28.3 Å². The maximum atomic E-state index is 13.3. The summed E-state index contributed by atoms with van der Waals surface area (Å²) in [7, 11) is 3.33. The van der Waals surface area contributed by atoms with Crippen molar-refractivity contribution in [2.24, 2.45) is 0 Å². The lowest BCUT2D eigenvalue weighted by molar-refractivity contribution is 0.0989. The number of anilines is 1. The van der Waals surface area contributed by atoms with Crippen molar-refractivity contribution in [1.29, 1.82) is 0 Å². The van der Waals surface area contributed by atoms with Gasteiger partial charge in [0.05, 0.1) is 37.2 Å². The van der Waals surface area contributed by atoms with E-state index in [9.17, 15) is 14.4 Å². The summed E-state index contributed by atoms with van der Waals surface area (Å²) in [5, 5.41) is 11.9. The number of aromatic nitrogens is 3. The highest BCUT2D eigenvalue weighted by Gasteiger charge is 2.21. The van der Waals surface area contributed by atoms with E-state index in [2.05, 4.69) is 44.8 Å². The molecule has 258 valence electrons. The second kappa shape index (κ2) is 14.4. The number of para-hydroxylation sites is 1. The minimum atomic E-state index is -0.644. The smallest absolute Gasteiger partial charge is 0.291 e. The SMILES string of the molecule is CCC(=O)c1ccc(-c2cn(-c3ccc(CCN4CCc5cc(OC)c(OC)cc5C4)cc3)nn2)cc1NC(=O)c1cc(=O)c2ccccc2o1. The maximum Gasteiger partial charge on any atom is 0.291 e. The molecule has 1 amide bonds. The van der Waals surface area contributed by atoms with E-state index in [4.69, 9.17) is 13.9 Å². The molecule has 7 rings (SSSR count). The van der Waals surface area contributed by atoms with Crippen molar-refractivity contribution in [2.75, 3.05) is 32.6 Å². The molecule has 3 heterocycles. The van der Waals surface area contributed by atoms with Crippen molar-refractivity contribution < 1.29 is 23.5 Å². The van der Waals surface area contributed by atoms with E-state index in [0.717, 1.165) is 55.7 Å². The predicted octanol–water partition coefficient (Wildman–Crippen LogP) is 6.50. The topological polar surface area (TPSA) is 129 Å². The Kier molecular flexibility index (Phi) is 9.45. The van der Waals surface area contributed by atoms with Crippen LogP contribution in [0.25, 0.3) is 27.9 Å². The van der Waals surface area contributed by atoms with Gasteiger partial charge in [0.15, 0.2) is 28.5 Å². The Labute approximate surface area is 294 Å². The number of hydrogen-bond acceptors (Lipinski definition) is 9. The first kappa shape index (κ1) is 33.4. The van der Waals surface area contributed by atoms with Crippen molar-refractivity contribution in [2.45, 2.75) is 32.7 Å². The number of methoxy groups -OCH3 is 2. The normalized spacial score (nSPS) is 12.8. The fraction of sp³-hybridized carbons (Fsp3) is 0.225. The van der Waals surface area contributed by atoms with Crippen molar-refractivity contribution in [1.82, 2.24) is 19.9 Å². The molecule has 4 aromatic carbocycles. The molecule has 0 aliphatic carbocycles. The molecule has 0 unspecified atom stereocenters. The number of Topliss-reactive ketones (excluding diaryl/α,β-unsaturated/α-hetero) is 1. The third-order valence-corrected chi connectivity index (χ3v) is 9.25. The molecule has 1 aliphatic rings. The fourth-order valence-electron chi connectivity index (χ4n) is 6.40. The van der Waals surface area contributed by atoms with Crippen LogP contribution < -0.4 is 20.2 Å². The molecule has 2 aromatic heterocycles. The zero-order chi connectivity index (χ0) is 35.5. The van der Waals surface area contributed by atoms with Gasteiger partial charge in [-0.25, -0.2) is 4.68 Å². The van der Waals surface area contributed by atoms with Crippen molar-refractivity contribution in [3.63, 3.8) is 0 Å². The number of rotatable bonds is 11. The lowest BCUT2D eigenvalue weighted by Gasteiger charge is -2.29. The zero-order valence-corrected chi connectivity index (χ0v) is 28.6. The Morgan fingerprint density at radius 3 is 2.45 bits per heavy atom. The second-order valence-corrected chi connectivity index (χ2v) is 12.4. The molecule has 51 heavy (non-hydrogen) atoms. The Balaban J connectivity index is 1.04. The highest BCUT2D eigenvalue weighted by molar-refractivity contribution is 6.09. The van der Waals surface area contributed by atoms with Crippen LogP contribution in [0.1, 0.15) is 50.9 Å². The van der Waals surface area contributed by atoms with Crippen LogP contribution in [0.2, 0.25) is 0 Å². The first-order chi connectivity index (χ1) is 24.8. The molecule has 0 saturated carbocycles. The lowest BCUT2D eigenvalue weighted by atomic mass is 9.98. The van der Waals surface area contributed by atoms with Crippen LogP contribution in [0.4, 0.5) is 5.69 Å². The number of fused-ring (bicyclic) bond motifs is 2. The number of ketones is 1. The highest BCUT2D eigenvalue weighted by Crippen LogP contribution is 2.33. The van der Waals surface area contributed by atoms with Gasteiger partial charge in [-0.1, -0.05) is 42.5 Å². The molecule has 1 N–H and O–H groups in total. The molecule has 11 nitrogen and oxygen atoms in total. The Hall–Kier alpha value is -6.07. The fourth-order valence-corrected chi connectivity index (χ4v) is 6.40. The van der Waals surface area contributed by atoms with Crippen molar-refractivity contribution in [3.05, 3.63) is 129 Å². The summed E-state index contributed by atoms with van der Waals surface area (Å²) in [4.78, 5) is 41.1. The van der Waals surface area contributed by atoms with E-state index in [1.807, 2.05) is 12.1 Å². The molecule has 0 atom stereocenters. The molecule has 0 fully saturated rings. The lowest BCUT2D eigenvalue weighted by Crippen LogP contribution is -2.32. The standard InChI is InChI=1S/C40H37N5O6/c1-4-34(46)30-14-11-27(19-32(30)41-40(48)39-22-35(47)31-7-5-6-8-36(31)51-39)33-24-45(43-42-33)29-12-9-25(10-13-29)15-17-44-18-16-26-20-37(49-2)38(50-3)21-28(26)23-44/h5-14,19-22,24H,4,15-18,23H2,1-3H3,(H,41,48). The first-order valence-corrected chi connectivity index (χ1v) is 16.8. The molecule has 6 aromatic rings. The predicted molar refractivity (Wildman–Crippen MR) is 194 cm³/mol. The van der Waals surface area contributed by atoms with Gasteiger partial charge < -0.3 is 19.2 Å². The number of carbonyl (C=O) groups is 2. The van der Waals surface area contributed by atoms with Crippen LogP contribution in [0, 0.1) is 0 Å². The van der Waals surface area contributed by atoms with Crippen LogP contribution in [-0.2, 0) is 19.4 Å². The second-order valence-electron chi connectivity index (χ2n) is 12.4. The van der Waals surface area contributed by atoms with Crippen LogP contribution in [-0.4, -0.2) is 58.9 Å². The Bertz CT molecular complexity index is 2310. The molecule has 1 aliphatic heterocycles. The summed E-state index contributed by atoms with van der Waals surface area (Å²) >= 11 is 0. The molecule has 11 heteroatoms. The van der Waals surface area contributed by atoms with Gasteiger partial charge in [-0.05, 0) is 78.1 Å². The number of carbonyl (C=O) groups excluding carboxylic acids is 2. The molecule has 0 spiro atoms. The van der Waals surface area contributed by atoms with Gasteiger partial charge in [0.2, 0.25) is 0 Å². The minimum Gasteiger partial charge on any atom is -0.493 e. The van der Waals surface area contributed by atoms with Gasteiger partial charge in [-0.3, -0.25) is 19.3 Å². The largest absolute Gasteiger partial charge is 0.493 e. The van der Waals surface area contributed by atoms with Crippen LogP contribution >= 0.6 is 0 Å². The van der Waals surface area contributed by atoms with E-state index in [1.54, 1.807) is 74.5 Å². The molecule has 0 saturated heterocycles. The van der Waals surface area contributed by atoms with Crippen LogP contribution in [0.15, 0.2) is 100 Å². The highest BCUT2D eigenvalue weighted by atomic mass is 16.5. The maximum absolute atomic E-state index is 13.3. The van der Waals surface area contributed by atoms with Crippen LogP contribution in [0.5, 0.6) is 11.5 Å². The van der Waals surface area contributed by atoms with E-state index in [1.165, 1.54) is 16.7 Å². The monoisotopic (exact) mass is 683 g/mol. The van der Waals surface area contributed by atoms with Gasteiger partial charge in [0, 0.05) is 43.2 Å². The van der Waals surface area contributed by atoms with Gasteiger partial charge >= 0.3 is 0 Å². The van der Waals surface area contributed by atoms with E-state index in [0.29, 0.717) is 27.8 Å². The number of nitrogens with one attached hydrogen (secondary N) is 1. The third kappa shape index (κ3) is 7.01.